The number of imidazole rings is 1. The van der Waals surface area contributed by atoms with Crippen LogP contribution in [-0.4, -0.2) is 21.8 Å². The van der Waals surface area contributed by atoms with Gasteiger partial charge >= 0.3 is 6.61 Å². The maximum absolute atomic E-state index is 12.2. The number of benzene rings is 1. The number of rotatable bonds is 5. The maximum Gasteiger partial charge on any atom is 0.387 e. The number of halogens is 3. The average molecular weight is 393 g/mol. The third kappa shape index (κ3) is 3.68. The highest BCUT2D eigenvalue weighted by Gasteiger charge is 2.07. The lowest BCUT2D eigenvalue weighted by atomic mass is 10.1. The van der Waals surface area contributed by atoms with Crippen molar-refractivity contribution in [1.29, 1.82) is 0 Å². The Labute approximate surface area is 144 Å². The van der Waals surface area contributed by atoms with Crippen LogP contribution < -0.4 is 4.74 Å². The van der Waals surface area contributed by atoms with Crippen molar-refractivity contribution in [3.05, 3.63) is 70.6 Å². The molecular formula is C17H11BrF2N2O2. The van der Waals surface area contributed by atoms with Gasteiger partial charge in [-0.25, -0.2) is 4.98 Å². The summed E-state index contributed by atoms with van der Waals surface area (Å²) in [4.78, 5) is 16.4. The van der Waals surface area contributed by atoms with E-state index in [4.69, 9.17) is 0 Å². The molecule has 0 amide bonds. The smallest absolute Gasteiger partial charge is 0.387 e. The normalized spacial score (nSPS) is 11.5. The number of ketones is 1. The number of ether oxygens (including phenoxy) is 1. The van der Waals surface area contributed by atoms with Gasteiger partial charge in [0.15, 0.2) is 5.78 Å². The summed E-state index contributed by atoms with van der Waals surface area (Å²) in [6.07, 6.45) is 6.57. The van der Waals surface area contributed by atoms with Crippen molar-refractivity contribution < 1.29 is 18.3 Å². The highest BCUT2D eigenvalue weighted by molar-refractivity contribution is 9.10. The molecule has 7 heteroatoms. The van der Waals surface area contributed by atoms with Crippen LogP contribution in [0.1, 0.15) is 16.1 Å². The standard InChI is InChI=1S/C17H11BrF2N2O2/c18-12-3-8-16-21-9-13(22(16)10-12)4-7-15(23)11-1-5-14(6-2-11)24-17(19)20/h1-10,17H. The van der Waals surface area contributed by atoms with Crippen molar-refractivity contribution in [1.82, 2.24) is 9.38 Å². The van der Waals surface area contributed by atoms with Crippen LogP contribution in [0.5, 0.6) is 5.75 Å². The van der Waals surface area contributed by atoms with E-state index in [1.807, 2.05) is 22.7 Å². The molecule has 2 heterocycles. The van der Waals surface area contributed by atoms with Crippen LogP contribution in [0.3, 0.4) is 0 Å². The molecule has 4 nitrogen and oxygen atoms in total. The van der Waals surface area contributed by atoms with Crippen molar-refractivity contribution in [2.45, 2.75) is 6.61 Å². The van der Waals surface area contributed by atoms with Gasteiger partial charge in [-0.2, -0.15) is 8.78 Å². The topological polar surface area (TPSA) is 43.6 Å². The number of aromatic nitrogens is 2. The highest BCUT2D eigenvalue weighted by atomic mass is 79.9. The van der Waals surface area contributed by atoms with Crippen LogP contribution in [-0.2, 0) is 0 Å². The molecule has 24 heavy (non-hydrogen) atoms. The second-order valence-electron chi connectivity index (χ2n) is 4.86. The first-order valence-corrected chi connectivity index (χ1v) is 7.72. The molecule has 122 valence electrons. The molecule has 1 aromatic carbocycles. The predicted molar refractivity (Wildman–Crippen MR) is 89.3 cm³/mol. The van der Waals surface area contributed by atoms with E-state index in [2.05, 4.69) is 25.7 Å². The Balaban J connectivity index is 1.78. The van der Waals surface area contributed by atoms with Gasteiger partial charge in [0.1, 0.15) is 11.4 Å². The van der Waals surface area contributed by atoms with Crippen molar-refractivity contribution in [2.75, 3.05) is 0 Å². The predicted octanol–water partition coefficient (Wildman–Crippen LogP) is 4.59. The Morgan fingerprint density at radius 3 is 2.67 bits per heavy atom. The van der Waals surface area contributed by atoms with E-state index in [-0.39, 0.29) is 11.5 Å². The molecule has 0 atom stereocenters. The summed E-state index contributed by atoms with van der Waals surface area (Å²) in [5.41, 5.74) is 1.89. The highest BCUT2D eigenvalue weighted by Crippen LogP contribution is 2.17. The van der Waals surface area contributed by atoms with E-state index >= 15 is 0 Å². The second-order valence-corrected chi connectivity index (χ2v) is 5.77. The van der Waals surface area contributed by atoms with E-state index in [0.29, 0.717) is 5.56 Å². The number of hydrogen-bond acceptors (Lipinski definition) is 3. The summed E-state index contributed by atoms with van der Waals surface area (Å²) in [5, 5.41) is 0. The number of nitrogens with zero attached hydrogens (tertiary/aromatic N) is 2. The summed E-state index contributed by atoms with van der Waals surface area (Å²) in [6.45, 7) is -2.89. The van der Waals surface area contributed by atoms with E-state index in [1.165, 1.54) is 30.3 Å². The number of pyridine rings is 1. The fraction of sp³-hybridized carbons (Fsp3) is 0.0588. The van der Waals surface area contributed by atoms with Gasteiger partial charge in [0.05, 0.1) is 11.9 Å². The molecule has 0 spiro atoms. The fourth-order valence-corrected chi connectivity index (χ4v) is 2.49. The summed E-state index contributed by atoms with van der Waals surface area (Å²) < 4.78 is 31.2. The third-order valence-corrected chi connectivity index (χ3v) is 3.74. The monoisotopic (exact) mass is 392 g/mol. The number of carbonyl (C=O) groups is 1. The summed E-state index contributed by atoms with van der Waals surface area (Å²) in [7, 11) is 0. The van der Waals surface area contributed by atoms with Gasteiger partial charge in [-0.1, -0.05) is 0 Å². The van der Waals surface area contributed by atoms with Crippen LogP contribution in [0.25, 0.3) is 11.7 Å². The zero-order chi connectivity index (χ0) is 17.1. The van der Waals surface area contributed by atoms with Crippen LogP contribution in [0.4, 0.5) is 8.78 Å². The molecule has 0 aliphatic carbocycles. The quantitative estimate of drug-likeness (QED) is 0.470. The van der Waals surface area contributed by atoms with Crippen molar-refractivity contribution in [3.63, 3.8) is 0 Å². The molecule has 0 saturated heterocycles. The third-order valence-electron chi connectivity index (χ3n) is 3.27. The van der Waals surface area contributed by atoms with Gasteiger partial charge in [-0.3, -0.25) is 9.20 Å². The Morgan fingerprint density at radius 2 is 1.96 bits per heavy atom. The molecule has 2 aromatic heterocycles. The van der Waals surface area contributed by atoms with Gasteiger partial charge in [0.25, 0.3) is 0 Å². The number of hydrogen-bond donors (Lipinski definition) is 0. The molecule has 0 radical (unpaired) electrons. The molecule has 0 saturated carbocycles. The zero-order valence-electron chi connectivity index (χ0n) is 12.2. The summed E-state index contributed by atoms with van der Waals surface area (Å²) in [5.74, 6) is -0.235. The average Bonchev–Trinajstić information content (AvgIpc) is 2.95. The maximum atomic E-state index is 12.2. The minimum absolute atomic E-state index is 0.0113. The Morgan fingerprint density at radius 1 is 1.21 bits per heavy atom. The Bertz CT molecular complexity index is 905. The van der Waals surface area contributed by atoms with Gasteiger partial charge in [0, 0.05) is 16.2 Å². The van der Waals surface area contributed by atoms with E-state index in [9.17, 15) is 13.6 Å². The fourth-order valence-electron chi connectivity index (χ4n) is 2.15. The molecular weight excluding hydrogens is 382 g/mol. The second kappa shape index (κ2) is 6.92. The van der Waals surface area contributed by atoms with Crippen LogP contribution in [0.15, 0.2) is 59.3 Å². The molecule has 0 bridgehead atoms. The molecule has 0 N–H and O–H groups in total. The Hall–Kier alpha value is -2.54. The summed E-state index contributed by atoms with van der Waals surface area (Å²) in [6, 6.07) is 9.27. The minimum atomic E-state index is -2.89. The van der Waals surface area contributed by atoms with Crippen molar-refractivity contribution in [2.24, 2.45) is 0 Å². The molecule has 0 aliphatic rings. The molecule has 0 fully saturated rings. The lowest BCUT2D eigenvalue weighted by molar-refractivity contribution is -0.0498. The molecule has 0 aliphatic heterocycles. The van der Waals surface area contributed by atoms with Crippen LogP contribution in [0.2, 0.25) is 0 Å². The Kier molecular flexibility index (Phi) is 4.71. The van der Waals surface area contributed by atoms with Gasteiger partial charge in [0.2, 0.25) is 0 Å². The lowest BCUT2D eigenvalue weighted by Crippen LogP contribution is -2.02. The van der Waals surface area contributed by atoms with Crippen molar-refractivity contribution >= 4 is 33.4 Å². The van der Waals surface area contributed by atoms with Crippen LogP contribution in [0, 0.1) is 0 Å². The zero-order valence-corrected chi connectivity index (χ0v) is 13.8. The van der Waals surface area contributed by atoms with Crippen molar-refractivity contribution in [3.8, 4) is 5.75 Å². The van der Waals surface area contributed by atoms with E-state index < -0.39 is 6.61 Å². The SMILES string of the molecule is O=C(C=Cc1cnc2ccc(Br)cn12)c1ccc(OC(F)F)cc1. The van der Waals surface area contributed by atoms with Crippen LogP contribution >= 0.6 is 15.9 Å². The molecule has 3 aromatic rings. The first-order valence-electron chi connectivity index (χ1n) is 6.93. The number of fused-ring (bicyclic) bond motifs is 1. The van der Waals surface area contributed by atoms with Gasteiger partial charge in [-0.15, -0.1) is 0 Å². The van der Waals surface area contributed by atoms with E-state index in [1.54, 1.807) is 12.3 Å². The van der Waals surface area contributed by atoms with E-state index in [0.717, 1.165) is 15.8 Å². The van der Waals surface area contributed by atoms with Gasteiger partial charge in [-0.05, 0) is 64.5 Å². The molecule has 3 rings (SSSR count). The number of alkyl halides is 2. The first-order chi connectivity index (χ1) is 11.5. The van der Waals surface area contributed by atoms with Gasteiger partial charge < -0.3 is 4.74 Å². The number of carbonyl (C=O) groups excluding carboxylic acids is 1. The minimum Gasteiger partial charge on any atom is -0.435 e. The lowest BCUT2D eigenvalue weighted by Gasteiger charge is -2.04. The summed E-state index contributed by atoms with van der Waals surface area (Å²) >= 11 is 3.39. The number of allylic oxidation sites excluding steroid dienone is 1. The molecule has 0 unspecified atom stereocenters. The first kappa shape index (κ1) is 16.3. The largest absolute Gasteiger partial charge is 0.435 e.